The van der Waals surface area contributed by atoms with E-state index in [4.69, 9.17) is 0 Å². The van der Waals surface area contributed by atoms with Crippen LogP contribution < -0.4 is 5.32 Å². The summed E-state index contributed by atoms with van der Waals surface area (Å²) in [6.07, 6.45) is 12.0. The second-order valence-corrected chi connectivity index (χ2v) is 6.52. The molecule has 1 N–H and O–H groups in total. The largest absolute Gasteiger partial charge is 0.313 e. The second-order valence-electron chi connectivity index (χ2n) is 6.52. The molecule has 4 atom stereocenters. The van der Waals surface area contributed by atoms with Gasteiger partial charge in [0.2, 0.25) is 0 Å². The number of hydrogen-bond donors (Lipinski definition) is 1. The van der Waals surface area contributed by atoms with Crippen LogP contribution in [-0.4, -0.2) is 12.6 Å². The summed E-state index contributed by atoms with van der Waals surface area (Å²) in [5.41, 5.74) is 0.719. The van der Waals surface area contributed by atoms with Crippen LogP contribution in [0.5, 0.6) is 0 Å². The Hall–Kier alpha value is -0.0400. The van der Waals surface area contributed by atoms with E-state index in [2.05, 4.69) is 12.2 Å². The molecule has 1 heteroatoms. The summed E-state index contributed by atoms with van der Waals surface area (Å²) in [6.45, 7) is 3.77. The van der Waals surface area contributed by atoms with Gasteiger partial charge in [-0.1, -0.05) is 19.8 Å². The number of rotatable bonds is 1. The topological polar surface area (TPSA) is 12.0 Å². The Kier molecular flexibility index (Phi) is 2.54. The predicted molar refractivity (Wildman–Crippen MR) is 63.8 cm³/mol. The summed E-state index contributed by atoms with van der Waals surface area (Å²) in [6, 6.07) is 0.878. The fraction of sp³-hybridized carbons (Fsp3) is 1.00. The summed E-state index contributed by atoms with van der Waals surface area (Å²) in [4.78, 5) is 0. The van der Waals surface area contributed by atoms with E-state index < -0.39 is 0 Å². The molecule has 3 rings (SSSR count). The Morgan fingerprint density at radius 1 is 1.13 bits per heavy atom. The SMILES string of the molecule is CC1CC2CCCC(C3CCCN3)(C1)C2. The molecular weight excluding hydrogens is 182 g/mol. The lowest BCUT2D eigenvalue weighted by Crippen LogP contribution is -2.48. The first kappa shape index (κ1) is 10.1. The summed E-state index contributed by atoms with van der Waals surface area (Å²) in [7, 11) is 0. The van der Waals surface area contributed by atoms with Crippen molar-refractivity contribution in [3.05, 3.63) is 0 Å². The molecular formula is C14H25N. The van der Waals surface area contributed by atoms with Crippen LogP contribution in [0.15, 0.2) is 0 Å². The Morgan fingerprint density at radius 2 is 2.07 bits per heavy atom. The quantitative estimate of drug-likeness (QED) is 0.695. The molecule has 2 bridgehead atoms. The van der Waals surface area contributed by atoms with Gasteiger partial charge in [-0.05, 0) is 62.3 Å². The standard InChI is InChI=1S/C14H25N/c1-11-8-12-4-2-6-14(9-11,10-12)13-5-3-7-15-13/h11-13,15H,2-10H2,1H3. The van der Waals surface area contributed by atoms with Gasteiger partial charge in [-0.25, -0.2) is 0 Å². The highest BCUT2D eigenvalue weighted by Crippen LogP contribution is 2.53. The van der Waals surface area contributed by atoms with Crippen LogP contribution >= 0.6 is 0 Å². The van der Waals surface area contributed by atoms with Crippen molar-refractivity contribution in [2.75, 3.05) is 6.54 Å². The lowest BCUT2D eigenvalue weighted by Gasteiger charge is -2.51. The van der Waals surface area contributed by atoms with Gasteiger partial charge in [0.05, 0.1) is 0 Å². The molecule has 1 heterocycles. The molecule has 4 unspecified atom stereocenters. The fourth-order valence-electron chi connectivity index (χ4n) is 4.92. The van der Waals surface area contributed by atoms with Crippen LogP contribution in [0.25, 0.3) is 0 Å². The monoisotopic (exact) mass is 207 g/mol. The average Bonchev–Trinajstić information content (AvgIpc) is 2.69. The molecule has 1 saturated heterocycles. The molecule has 0 aromatic rings. The molecule has 3 aliphatic rings. The Balaban J connectivity index is 1.80. The third kappa shape index (κ3) is 1.73. The summed E-state index contributed by atoms with van der Waals surface area (Å²) in [5, 5.41) is 3.79. The maximum absolute atomic E-state index is 3.79. The molecule has 0 spiro atoms. The highest BCUT2D eigenvalue weighted by Gasteiger charge is 2.47. The van der Waals surface area contributed by atoms with Gasteiger partial charge in [0.15, 0.2) is 0 Å². The maximum Gasteiger partial charge on any atom is 0.0124 e. The second kappa shape index (κ2) is 3.76. The molecule has 2 aliphatic carbocycles. The molecule has 0 radical (unpaired) electrons. The summed E-state index contributed by atoms with van der Waals surface area (Å²) >= 11 is 0. The average molecular weight is 207 g/mol. The van der Waals surface area contributed by atoms with Crippen LogP contribution in [0, 0.1) is 17.3 Å². The van der Waals surface area contributed by atoms with E-state index in [0.717, 1.165) is 23.3 Å². The van der Waals surface area contributed by atoms with Crippen LogP contribution in [-0.2, 0) is 0 Å². The van der Waals surface area contributed by atoms with Gasteiger partial charge in [-0.15, -0.1) is 0 Å². The molecule has 0 aromatic heterocycles. The van der Waals surface area contributed by atoms with Crippen molar-refractivity contribution in [2.24, 2.45) is 17.3 Å². The first-order valence-electron chi connectivity index (χ1n) is 7.02. The first-order valence-corrected chi connectivity index (χ1v) is 7.02. The van der Waals surface area contributed by atoms with Crippen molar-refractivity contribution in [2.45, 2.75) is 64.3 Å². The van der Waals surface area contributed by atoms with Crippen molar-refractivity contribution < 1.29 is 0 Å². The zero-order chi connectivity index (χ0) is 10.3. The highest BCUT2D eigenvalue weighted by atomic mass is 15.0. The van der Waals surface area contributed by atoms with Gasteiger partial charge in [-0.2, -0.15) is 0 Å². The van der Waals surface area contributed by atoms with Crippen molar-refractivity contribution >= 4 is 0 Å². The molecule has 0 amide bonds. The normalized spacial score (nSPS) is 50.6. The van der Waals surface area contributed by atoms with Gasteiger partial charge in [0, 0.05) is 6.04 Å². The van der Waals surface area contributed by atoms with Gasteiger partial charge in [0.25, 0.3) is 0 Å². The minimum absolute atomic E-state index is 0.719. The van der Waals surface area contributed by atoms with Crippen molar-refractivity contribution in [3.8, 4) is 0 Å². The Morgan fingerprint density at radius 3 is 2.87 bits per heavy atom. The van der Waals surface area contributed by atoms with Crippen LogP contribution in [0.1, 0.15) is 58.3 Å². The number of nitrogens with one attached hydrogen (secondary N) is 1. The number of fused-ring (bicyclic) bond motifs is 2. The lowest BCUT2D eigenvalue weighted by molar-refractivity contribution is 0.0167. The predicted octanol–water partition coefficient (Wildman–Crippen LogP) is 3.34. The smallest absolute Gasteiger partial charge is 0.0124 e. The molecule has 0 aromatic carbocycles. The third-order valence-corrected chi connectivity index (χ3v) is 5.27. The van der Waals surface area contributed by atoms with E-state index in [9.17, 15) is 0 Å². The van der Waals surface area contributed by atoms with Crippen LogP contribution in [0.2, 0.25) is 0 Å². The van der Waals surface area contributed by atoms with Crippen molar-refractivity contribution in [1.82, 2.24) is 5.32 Å². The van der Waals surface area contributed by atoms with E-state index >= 15 is 0 Å². The van der Waals surface area contributed by atoms with E-state index in [1.165, 1.54) is 51.5 Å². The minimum Gasteiger partial charge on any atom is -0.313 e. The minimum atomic E-state index is 0.719. The van der Waals surface area contributed by atoms with E-state index in [0.29, 0.717) is 0 Å². The third-order valence-electron chi connectivity index (χ3n) is 5.27. The first-order chi connectivity index (χ1) is 7.28. The fourth-order valence-corrected chi connectivity index (χ4v) is 4.92. The Labute approximate surface area is 94.0 Å². The van der Waals surface area contributed by atoms with E-state index in [1.807, 2.05) is 0 Å². The van der Waals surface area contributed by atoms with Crippen molar-refractivity contribution in [3.63, 3.8) is 0 Å². The zero-order valence-corrected chi connectivity index (χ0v) is 10.1. The lowest BCUT2D eigenvalue weighted by atomic mass is 9.56. The molecule has 15 heavy (non-hydrogen) atoms. The maximum atomic E-state index is 3.79. The van der Waals surface area contributed by atoms with E-state index in [1.54, 1.807) is 6.42 Å². The van der Waals surface area contributed by atoms with Gasteiger partial charge in [0.1, 0.15) is 0 Å². The van der Waals surface area contributed by atoms with Crippen molar-refractivity contribution in [1.29, 1.82) is 0 Å². The molecule has 3 fully saturated rings. The van der Waals surface area contributed by atoms with Gasteiger partial charge in [-0.3, -0.25) is 0 Å². The van der Waals surface area contributed by atoms with Gasteiger partial charge >= 0.3 is 0 Å². The van der Waals surface area contributed by atoms with Crippen LogP contribution in [0.4, 0.5) is 0 Å². The molecule has 1 nitrogen and oxygen atoms in total. The summed E-state index contributed by atoms with van der Waals surface area (Å²) in [5.74, 6) is 2.07. The number of hydrogen-bond acceptors (Lipinski definition) is 1. The molecule has 1 aliphatic heterocycles. The zero-order valence-electron chi connectivity index (χ0n) is 10.1. The van der Waals surface area contributed by atoms with E-state index in [-0.39, 0.29) is 0 Å². The summed E-state index contributed by atoms with van der Waals surface area (Å²) < 4.78 is 0. The Bertz CT molecular complexity index is 227. The molecule has 2 saturated carbocycles. The molecule has 86 valence electrons. The van der Waals surface area contributed by atoms with Gasteiger partial charge < -0.3 is 5.32 Å². The highest BCUT2D eigenvalue weighted by molar-refractivity contribution is 5.01. The van der Waals surface area contributed by atoms with Crippen LogP contribution in [0.3, 0.4) is 0 Å².